The number of anilines is 1. The molecule has 1 amide bonds. The first-order valence-electron chi connectivity index (χ1n) is 6.15. The molecule has 0 saturated carbocycles. The van der Waals surface area contributed by atoms with Crippen molar-refractivity contribution in [3.63, 3.8) is 0 Å². The standard InChI is InChI=1S/C14H17N3O/c1-3-11-5-7-13(8-6-11)16-14(18)12-9-15-17(4-2)10-12/h5-10H,3-4H2,1-2H3,(H,16,18). The number of carbonyl (C=O) groups is 1. The van der Waals surface area contributed by atoms with Gasteiger partial charge in [0.2, 0.25) is 0 Å². The Morgan fingerprint density at radius 2 is 2.00 bits per heavy atom. The smallest absolute Gasteiger partial charge is 0.258 e. The Kier molecular flexibility index (Phi) is 3.77. The van der Waals surface area contributed by atoms with E-state index >= 15 is 0 Å². The van der Waals surface area contributed by atoms with E-state index in [4.69, 9.17) is 0 Å². The van der Waals surface area contributed by atoms with Gasteiger partial charge in [-0.2, -0.15) is 5.10 Å². The van der Waals surface area contributed by atoms with E-state index in [2.05, 4.69) is 17.3 Å². The number of rotatable bonds is 4. The Balaban J connectivity index is 2.06. The summed E-state index contributed by atoms with van der Waals surface area (Å²) in [6.07, 6.45) is 4.33. The summed E-state index contributed by atoms with van der Waals surface area (Å²) in [6.45, 7) is 4.85. The lowest BCUT2D eigenvalue weighted by molar-refractivity contribution is 0.102. The molecular weight excluding hydrogens is 226 g/mol. The van der Waals surface area contributed by atoms with E-state index in [1.807, 2.05) is 31.2 Å². The third kappa shape index (κ3) is 2.77. The number of amides is 1. The zero-order valence-corrected chi connectivity index (χ0v) is 10.7. The molecule has 0 unspecified atom stereocenters. The fourth-order valence-corrected chi connectivity index (χ4v) is 1.68. The molecule has 0 radical (unpaired) electrons. The molecule has 4 heteroatoms. The van der Waals surface area contributed by atoms with Crippen LogP contribution in [0, 0.1) is 0 Å². The molecule has 1 aromatic heterocycles. The summed E-state index contributed by atoms with van der Waals surface area (Å²) in [5.41, 5.74) is 2.64. The lowest BCUT2D eigenvalue weighted by atomic mass is 10.1. The maximum absolute atomic E-state index is 11.9. The molecule has 0 aliphatic rings. The molecule has 1 heterocycles. The summed E-state index contributed by atoms with van der Waals surface area (Å²) in [6, 6.07) is 7.87. The van der Waals surface area contributed by atoms with Crippen molar-refractivity contribution in [3.05, 3.63) is 47.8 Å². The molecule has 0 fully saturated rings. The normalized spacial score (nSPS) is 10.3. The molecule has 0 spiro atoms. The lowest BCUT2D eigenvalue weighted by Crippen LogP contribution is -2.11. The van der Waals surface area contributed by atoms with Gasteiger partial charge < -0.3 is 5.32 Å². The third-order valence-electron chi connectivity index (χ3n) is 2.84. The van der Waals surface area contributed by atoms with Crippen molar-refractivity contribution < 1.29 is 4.79 Å². The van der Waals surface area contributed by atoms with Crippen molar-refractivity contribution in [2.45, 2.75) is 26.8 Å². The van der Waals surface area contributed by atoms with Gasteiger partial charge in [-0.3, -0.25) is 9.48 Å². The monoisotopic (exact) mass is 243 g/mol. The van der Waals surface area contributed by atoms with Gasteiger partial charge in [-0.05, 0) is 31.0 Å². The van der Waals surface area contributed by atoms with Gasteiger partial charge >= 0.3 is 0 Å². The quantitative estimate of drug-likeness (QED) is 0.897. The third-order valence-corrected chi connectivity index (χ3v) is 2.84. The van der Waals surface area contributed by atoms with Crippen LogP contribution in [0.3, 0.4) is 0 Å². The number of carbonyl (C=O) groups excluding carboxylic acids is 1. The summed E-state index contributed by atoms with van der Waals surface area (Å²) in [5, 5.41) is 6.94. The number of aromatic nitrogens is 2. The molecule has 18 heavy (non-hydrogen) atoms. The van der Waals surface area contributed by atoms with Crippen LogP contribution in [0.5, 0.6) is 0 Å². The van der Waals surface area contributed by atoms with Gasteiger partial charge in [0.05, 0.1) is 11.8 Å². The number of benzene rings is 1. The summed E-state index contributed by atoms with van der Waals surface area (Å²) >= 11 is 0. The summed E-state index contributed by atoms with van der Waals surface area (Å²) in [5.74, 6) is -0.126. The fraction of sp³-hybridized carbons (Fsp3) is 0.286. The van der Waals surface area contributed by atoms with Crippen LogP contribution in [0.15, 0.2) is 36.7 Å². The molecule has 1 N–H and O–H groups in total. The second-order valence-corrected chi connectivity index (χ2v) is 4.09. The van der Waals surface area contributed by atoms with E-state index in [0.717, 1.165) is 18.7 Å². The number of aryl methyl sites for hydroxylation is 2. The van der Waals surface area contributed by atoms with Gasteiger partial charge in [0.25, 0.3) is 5.91 Å². The number of hydrogen-bond acceptors (Lipinski definition) is 2. The van der Waals surface area contributed by atoms with Gasteiger partial charge in [-0.1, -0.05) is 19.1 Å². The van der Waals surface area contributed by atoms with E-state index in [9.17, 15) is 4.79 Å². The Labute approximate surface area is 107 Å². The van der Waals surface area contributed by atoms with Crippen molar-refractivity contribution in [3.8, 4) is 0 Å². The predicted octanol–water partition coefficient (Wildman–Crippen LogP) is 2.72. The molecular formula is C14H17N3O. The largest absolute Gasteiger partial charge is 0.322 e. The zero-order valence-electron chi connectivity index (χ0n) is 10.7. The highest BCUT2D eigenvalue weighted by molar-refractivity contribution is 6.03. The van der Waals surface area contributed by atoms with Crippen molar-refractivity contribution in [2.75, 3.05) is 5.32 Å². The minimum atomic E-state index is -0.126. The molecule has 0 atom stereocenters. The molecule has 0 aliphatic heterocycles. The Morgan fingerprint density at radius 3 is 2.56 bits per heavy atom. The highest BCUT2D eigenvalue weighted by Crippen LogP contribution is 2.11. The second-order valence-electron chi connectivity index (χ2n) is 4.09. The number of hydrogen-bond donors (Lipinski definition) is 1. The van der Waals surface area contributed by atoms with E-state index in [-0.39, 0.29) is 5.91 Å². The van der Waals surface area contributed by atoms with E-state index in [1.54, 1.807) is 17.1 Å². The molecule has 94 valence electrons. The highest BCUT2D eigenvalue weighted by atomic mass is 16.1. The SMILES string of the molecule is CCc1ccc(NC(=O)c2cnn(CC)c2)cc1. The van der Waals surface area contributed by atoms with Crippen LogP contribution in [0.2, 0.25) is 0 Å². The molecule has 2 rings (SSSR count). The van der Waals surface area contributed by atoms with Gasteiger partial charge in [-0.15, -0.1) is 0 Å². The number of nitrogens with one attached hydrogen (secondary N) is 1. The second kappa shape index (κ2) is 5.49. The van der Waals surface area contributed by atoms with E-state index in [0.29, 0.717) is 5.56 Å². The number of nitrogens with zero attached hydrogens (tertiary/aromatic N) is 2. The van der Waals surface area contributed by atoms with Crippen LogP contribution in [-0.4, -0.2) is 15.7 Å². The van der Waals surface area contributed by atoms with Crippen molar-refractivity contribution >= 4 is 11.6 Å². The van der Waals surface area contributed by atoms with Crippen LogP contribution in [0.25, 0.3) is 0 Å². The van der Waals surface area contributed by atoms with Crippen LogP contribution in [0.1, 0.15) is 29.8 Å². The van der Waals surface area contributed by atoms with Crippen LogP contribution < -0.4 is 5.32 Å². The van der Waals surface area contributed by atoms with Crippen molar-refractivity contribution in [2.24, 2.45) is 0 Å². The average molecular weight is 243 g/mol. The molecule has 1 aromatic carbocycles. The zero-order chi connectivity index (χ0) is 13.0. The molecule has 0 saturated heterocycles. The Hall–Kier alpha value is -2.10. The maximum atomic E-state index is 11.9. The van der Waals surface area contributed by atoms with Crippen molar-refractivity contribution in [1.29, 1.82) is 0 Å². The molecule has 4 nitrogen and oxygen atoms in total. The van der Waals surface area contributed by atoms with Gasteiger partial charge in [0, 0.05) is 18.4 Å². The van der Waals surface area contributed by atoms with Crippen molar-refractivity contribution in [1.82, 2.24) is 9.78 Å². The maximum Gasteiger partial charge on any atom is 0.258 e. The molecule has 0 aliphatic carbocycles. The van der Waals surface area contributed by atoms with E-state index in [1.165, 1.54) is 5.56 Å². The fourth-order valence-electron chi connectivity index (χ4n) is 1.68. The Morgan fingerprint density at radius 1 is 1.28 bits per heavy atom. The first-order valence-corrected chi connectivity index (χ1v) is 6.15. The predicted molar refractivity (Wildman–Crippen MR) is 71.7 cm³/mol. The first kappa shape index (κ1) is 12.4. The topological polar surface area (TPSA) is 46.9 Å². The highest BCUT2D eigenvalue weighted by Gasteiger charge is 2.08. The average Bonchev–Trinajstić information content (AvgIpc) is 2.88. The minimum Gasteiger partial charge on any atom is -0.322 e. The summed E-state index contributed by atoms with van der Waals surface area (Å²) in [7, 11) is 0. The molecule has 2 aromatic rings. The minimum absolute atomic E-state index is 0.126. The lowest BCUT2D eigenvalue weighted by Gasteiger charge is -2.04. The Bertz CT molecular complexity index is 528. The van der Waals surface area contributed by atoms with E-state index < -0.39 is 0 Å². The van der Waals surface area contributed by atoms with Gasteiger partial charge in [0.15, 0.2) is 0 Å². The summed E-state index contributed by atoms with van der Waals surface area (Å²) in [4.78, 5) is 11.9. The van der Waals surface area contributed by atoms with Crippen LogP contribution in [-0.2, 0) is 13.0 Å². The van der Waals surface area contributed by atoms with Crippen LogP contribution in [0.4, 0.5) is 5.69 Å². The van der Waals surface area contributed by atoms with Gasteiger partial charge in [0.1, 0.15) is 0 Å². The first-order chi connectivity index (χ1) is 8.72. The molecule has 0 bridgehead atoms. The van der Waals surface area contributed by atoms with Crippen LogP contribution >= 0.6 is 0 Å². The van der Waals surface area contributed by atoms with Gasteiger partial charge in [-0.25, -0.2) is 0 Å². The summed E-state index contributed by atoms with van der Waals surface area (Å²) < 4.78 is 1.73.